The lowest BCUT2D eigenvalue weighted by atomic mass is 9.90. The van der Waals surface area contributed by atoms with E-state index in [9.17, 15) is 0 Å². The van der Waals surface area contributed by atoms with Crippen LogP contribution >= 0.6 is 0 Å². The molecule has 3 nitrogen and oxygen atoms in total. The molecular weight excluding hydrogens is 210 g/mol. The average molecular weight is 225 g/mol. The Morgan fingerprint density at radius 3 is 2.94 bits per heavy atom. The van der Waals surface area contributed by atoms with Gasteiger partial charge in [0.1, 0.15) is 0 Å². The minimum absolute atomic E-state index is 0.197. The van der Waals surface area contributed by atoms with E-state index in [1.165, 1.54) is 11.1 Å². The molecule has 3 N–H and O–H groups in total. The molecule has 0 amide bonds. The van der Waals surface area contributed by atoms with Crippen molar-refractivity contribution in [1.82, 2.24) is 10.3 Å². The Kier molecular flexibility index (Phi) is 2.53. The summed E-state index contributed by atoms with van der Waals surface area (Å²) >= 11 is 0. The van der Waals surface area contributed by atoms with Crippen LogP contribution in [0.25, 0.3) is 0 Å². The first kappa shape index (κ1) is 10.3. The van der Waals surface area contributed by atoms with Crippen LogP contribution in [0.2, 0.25) is 0 Å². The third-order valence-corrected chi connectivity index (χ3v) is 3.31. The van der Waals surface area contributed by atoms with Crippen LogP contribution in [0.5, 0.6) is 0 Å². The molecule has 86 valence electrons. The number of nitrogens with two attached hydrogens (primary N) is 1. The van der Waals surface area contributed by atoms with Crippen molar-refractivity contribution >= 4 is 5.69 Å². The normalized spacial score (nSPS) is 18.7. The first-order chi connectivity index (χ1) is 8.36. The number of benzene rings is 1. The van der Waals surface area contributed by atoms with Crippen LogP contribution in [0.3, 0.4) is 0 Å². The maximum Gasteiger partial charge on any atom is 0.0601 e. The lowest BCUT2D eigenvalue weighted by Gasteiger charge is -2.27. The van der Waals surface area contributed by atoms with Gasteiger partial charge in [-0.15, -0.1) is 0 Å². The van der Waals surface area contributed by atoms with Crippen molar-refractivity contribution < 1.29 is 0 Å². The number of nitrogens with one attached hydrogen (secondary N) is 1. The summed E-state index contributed by atoms with van der Waals surface area (Å²) in [6.07, 6.45) is 4.59. The standard InChI is InChI=1S/C14H15N3/c15-13-9-16-7-6-12(13)14-11-4-2-1-3-10(11)5-8-17-14/h1-4,6-7,9,14,17H,5,8,15H2. The van der Waals surface area contributed by atoms with Gasteiger partial charge < -0.3 is 11.1 Å². The van der Waals surface area contributed by atoms with Gasteiger partial charge in [-0.25, -0.2) is 0 Å². The van der Waals surface area contributed by atoms with Crippen LogP contribution in [0.15, 0.2) is 42.7 Å². The monoisotopic (exact) mass is 225 g/mol. The van der Waals surface area contributed by atoms with Crippen molar-refractivity contribution in [2.75, 3.05) is 12.3 Å². The van der Waals surface area contributed by atoms with Gasteiger partial charge in [0.25, 0.3) is 0 Å². The van der Waals surface area contributed by atoms with Crippen molar-refractivity contribution in [3.8, 4) is 0 Å². The van der Waals surface area contributed by atoms with E-state index < -0.39 is 0 Å². The SMILES string of the molecule is Nc1cnccc1C1NCCc2ccccc21. The molecule has 2 heterocycles. The summed E-state index contributed by atoms with van der Waals surface area (Å²) in [6.45, 7) is 0.990. The molecule has 0 bridgehead atoms. The predicted molar refractivity (Wildman–Crippen MR) is 68.6 cm³/mol. The Bertz CT molecular complexity index is 536. The highest BCUT2D eigenvalue weighted by Gasteiger charge is 2.22. The number of hydrogen-bond donors (Lipinski definition) is 2. The largest absolute Gasteiger partial charge is 0.397 e. The summed E-state index contributed by atoms with van der Waals surface area (Å²) in [5.74, 6) is 0. The van der Waals surface area contributed by atoms with Gasteiger partial charge in [-0.05, 0) is 29.2 Å². The fourth-order valence-electron chi connectivity index (χ4n) is 2.46. The molecule has 0 radical (unpaired) electrons. The van der Waals surface area contributed by atoms with Gasteiger partial charge in [0.2, 0.25) is 0 Å². The molecule has 1 aromatic heterocycles. The molecule has 2 aromatic rings. The molecule has 1 atom stereocenters. The number of nitrogen functional groups attached to an aromatic ring is 1. The lowest BCUT2D eigenvalue weighted by Crippen LogP contribution is -2.31. The summed E-state index contributed by atoms with van der Waals surface area (Å²) in [7, 11) is 0. The fourth-order valence-corrected chi connectivity index (χ4v) is 2.46. The smallest absolute Gasteiger partial charge is 0.0601 e. The Morgan fingerprint density at radius 1 is 1.18 bits per heavy atom. The number of hydrogen-bond acceptors (Lipinski definition) is 3. The maximum absolute atomic E-state index is 6.01. The summed E-state index contributed by atoms with van der Waals surface area (Å²) < 4.78 is 0. The zero-order chi connectivity index (χ0) is 11.7. The second-order valence-corrected chi connectivity index (χ2v) is 4.34. The van der Waals surface area contributed by atoms with Crippen LogP contribution in [0, 0.1) is 0 Å². The molecule has 0 fully saturated rings. The van der Waals surface area contributed by atoms with Gasteiger partial charge >= 0.3 is 0 Å². The number of fused-ring (bicyclic) bond motifs is 1. The summed E-state index contributed by atoms with van der Waals surface area (Å²) in [6, 6.07) is 10.7. The summed E-state index contributed by atoms with van der Waals surface area (Å²) in [4.78, 5) is 4.04. The van der Waals surface area contributed by atoms with Crippen molar-refractivity contribution in [1.29, 1.82) is 0 Å². The molecule has 0 spiro atoms. The van der Waals surface area contributed by atoms with E-state index >= 15 is 0 Å². The van der Waals surface area contributed by atoms with Crippen molar-refractivity contribution in [3.05, 3.63) is 59.4 Å². The van der Waals surface area contributed by atoms with Gasteiger partial charge in [0, 0.05) is 12.7 Å². The number of anilines is 1. The highest BCUT2D eigenvalue weighted by atomic mass is 14.9. The third-order valence-electron chi connectivity index (χ3n) is 3.31. The maximum atomic E-state index is 6.01. The van der Waals surface area contributed by atoms with E-state index in [2.05, 4.69) is 34.6 Å². The number of aromatic nitrogens is 1. The third kappa shape index (κ3) is 1.78. The molecule has 0 aliphatic carbocycles. The molecule has 0 saturated heterocycles. The fraction of sp³-hybridized carbons (Fsp3) is 0.214. The molecule has 1 aliphatic rings. The Hall–Kier alpha value is -1.87. The first-order valence-electron chi connectivity index (χ1n) is 5.87. The van der Waals surface area contributed by atoms with E-state index in [1.54, 1.807) is 12.4 Å². The van der Waals surface area contributed by atoms with E-state index in [0.29, 0.717) is 0 Å². The Balaban J connectivity index is 2.09. The Morgan fingerprint density at radius 2 is 2.06 bits per heavy atom. The number of pyridine rings is 1. The number of nitrogens with zero attached hydrogens (tertiary/aromatic N) is 1. The van der Waals surface area contributed by atoms with Crippen molar-refractivity contribution in [2.45, 2.75) is 12.5 Å². The highest BCUT2D eigenvalue weighted by molar-refractivity contribution is 5.51. The summed E-state index contributed by atoms with van der Waals surface area (Å²) in [5, 5.41) is 3.52. The van der Waals surface area contributed by atoms with Crippen LogP contribution in [0.1, 0.15) is 22.7 Å². The first-order valence-corrected chi connectivity index (χ1v) is 5.87. The molecule has 3 rings (SSSR count). The van der Waals surface area contributed by atoms with E-state index in [1.807, 2.05) is 6.07 Å². The second kappa shape index (κ2) is 4.18. The van der Waals surface area contributed by atoms with Gasteiger partial charge in [0.15, 0.2) is 0 Å². The van der Waals surface area contributed by atoms with E-state index in [0.717, 1.165) is 24.2 Å². The molecule has 1 unspecified atom stereocenters. The topological polar surface area (TPSA) is 50.9 Å². The average Bonchev–Trinajstić information content (AvgIpc) is 2.39. The second-order valence-electron chi connectivity index (χ2n) is 4.34. The zero-order valence-electron chi connectivity index (χ0n) is 9.56. The van der Waals surface area contributed by atoms with Crippen LogP contribution in [-0.2, 0) is 6.42 Å². The van der Waals surface area contributed by atoms with Crippen LogP contribution in [-0.4, -0.2) is 11.5 Å². The molecule has 3 heteroatoms. The van der Waals surface area contributed by atoms with Crippen molar-refractivity contribution in [2.24, 2.45) is 0 Å². The quantitative estimate of drug-likeness (QED) is 0.779. The van der Waals surface area contributed by atoms with Gasteiger partial charge in [-0.3, -0.25) is 4.98 Å². The van der Waals surface area contributed by atoms with E-state index in [4.69, 9.17) is 5.73 Å². The van der Waals surface area contributed by atoms with Gasteiger partial charge in [0.05, 0.1) is 17.9 Å². The lowest BCUT2D eigenvalue weighted by molar-refractivity contribution is 0.568. The highest BCUT2D eigenvalue weighted by Crippen LogP contribution is 2.30. The number of rotatable bonds is 1. The van der Waals surface area contributed by atoms with Crippen LogP contribution in [0.4, 0.5) is 5.69 Å². The summed E-state index contributed by atoms with van der Waals surface area (Å²) in [5.41, 5.74) is 10.6. The molecule has 17 heavy (non-hydrogen) atoms. The van der Waals surface area contributed by atoms with Gasteiger partial charge in [-0.2, -0.15) is 0 Å². The molecule has 1 aromatic carbocycles. The minimum Gasteiger partial charge on any atom is -0.397 e. The van der Waals surface area contributed by atoms with Crippen LogP contribution < -0.4 is 11.1 Å². The van der Waals surface area contributed by atoms with Crippen molar-refractivity contribution in [3.63, 3.8) is 0 Å². The zero-order valence-corrected chi connectivity index (χ0v) is 9.56. The molecule has 0 saturated carbocycles. The minimum atomic E-state index is 0.197. The molecule has 1 aliphatic heterocycles. The Labute approximate surface area is 101 Å². The van der Waals surface area contributed by atoms with Gasteiger partial charge in [-0.1, -0.05) is 24.3 Å². The predicted octanol–water partition coefficient (Wildman–Crippen LogP) is 1.90. The van der Waals surface area contributed by atoms with E-state index in [-0.39, 0.29) is 6.04 Å². The molecular formula is C14H15N3.